The smallest absolute Gasteiger partial charge is 0.272 e. The molecule has 0 atom stereocenters. The Morgan fingerprint density at radius 1 is 1.44 bits per heavy atom. The summed E-state index contributed by atoms with van der Waals surface area (Å²) in [4.78, 5) is 17.7. The second kappa shape index (κ2) is 5.18. The van der Waals surface area contributed by atoms with Gasteiger partial charge in [-0.25, -0.2) is 4.98 Å². The van der Waals surface area contributed by atoms with E-state index in [9.17, 15) is 4.79 Å². The Hall–Kier alpha value is -1.88. The Kier molecular flexibility index (Phi) is 3.62. The summed E-state index contributed by atoms with van der Waals surface area (Å²) in [6, 6.07) is 3.27. The largest absolute Gasteiger partial charge is 0.336 e. The maximum Gasteiger partial charge on any atom is 0.272 e. The van der Waals surface area contributed by atoms with Crippen LogP contribution in [-0.2, 0) is 6.54 Å². The highest BCUT2D eigenvalue weighted by atomic mass is 35.5. The van der Waals surface area contributed by atoms with Gasteiger partial charge in [0, 0.05) is 31.0 Å². The van der Waals surface area contributed by atoms with Crippen molar-refractivity contribution in [3.05, 3.63) is 46.5 Å². The van der Waals surface area contributed by atoms with Crippen LogP contribution in [0.4, 0.5) is 0 Å². The molecule has 0 spiro atoms. The van der Waals surface area contributed by atoms with Gasteiger partial charge in [0.1, 0.15) is 5.69 Å². The van der Waals surface area contributed by atoms with Crippen molar-refractivity contribution >= 4 is 17.5 Å². The molecule has 1 N–H and O–H groups in total. The third kappa shape index (κ3) is 2.68. The number of amides is 1. The topological polar surface area (TPSA) is 61.9 Å². The van der Waals surface area contributed by atoms with E-state index in [4.69, 9.17) is 11.6 Å². The molecule has 0 aliphatic carbocycles. The van der Waals surface area contributed by atoms with Crippen LogP contribution in [0.25, 0.3) is 0 Å². The molecule has 0 bridgehead atoms. The average Bonchev–Trinajstić information content (AvgIpc) is 2.75. The standard InChI is InChI=1S/C12H13ClN4O/c1-8-9(5-15-16-8)7-17(2)12(18)11-4-3-10(13)6-14-11/h3-6H,7H2,1-2H3,(H,15,16). The molecular weight excluding hydrogens is 252 g/mol. The Bertz CT molecular complexity index is 549. The van der Waals surface area contributed by atoms with Gasteiger partial charge in [0.25, 0.3) is 5.91 Å². The second-order valence-electron chi connectivity index (χ2n) is 4.04. The molecule has 94 valence electrons. The summed E-state index contributed by atoms with van der Waals surface area (Å²) in [5, 5.41) is 7.28. The molecular formula is C12H13ClN4O. The van der Waals surface area contributed by atoms with Gasteiger partial charge in [-0.05, 0) is 19.1 Å². The van der Waals surface area contributed by atoms with Crippen LogP contribution >= 0.6 is 11.6 Å². The summed E-state index contributed by atoms with van der Waals surface area (Å²) in [6.07, 6.45) is 3.18. The minimum Gasteiger partial charge on any atom is -0.336 e. The molecule has 18 heavy (non-hydrogen) atoms. The molecule has 0 saturated carbocycles. The molecule has 0 aliphatic rings. The number of rotatable bonds is 3. The number of halogens is 1. The summed E-state index contributed by atoms with van der Waals surface area (Å²) in [6.45, 7) is 2.41. The molecule has 2 aromatic rings. The lowest BCUT2D eigenvalue weighted by atomic mass is 10.2. The molecule has 0 radical (unpaired) electrons. The Morgan fingerprint density at radius 3 is 2.78 bits per heavy atom. The lowest BCUT2D eigenvalue weighted by Crippen LogP contribution is -2.27. The van der Waals surface area contributed by atoms with Gasteiger partial charge in [0.05, 0.1) is 11.2 Å². The Morgan fingerprint density at radius 2 is 2.22 bits per heavy atom. The zero-order valence-electron chi connectivity index (χ0n) is 10.1. The zero-order chi connectivity index (χ0) is 13.1. The minimum atomic E-state index is -0.146. The highest BCUT2D eigenvalue weighted by molar-refractivity contribution is 6.30. The van der Waals surface area contributed by atoms with Crippen LogP contribution in [0.5, 0.6) is 0 Å². The summed E-state index contributed by atoms with van der Waals surface area (Å²) >= 11 is 5.73. The molecule has 0 aromatic carbocycles. The van der Waals surface area contributed by atoms with Crippen LogP contribution in [0.15, 0.2) is 24.5 Å². The molecule has 0 unspecified atom stereocenters. The van der Waals surface area contributed by atoms with Crippen LogP contribution < -0.4 is 0 Å². The van der Waals surface area contributed by atoms with Crippen LogP contribution in [0.2, 0.25) is 5.02 Å². The number of aromatic amines is 1. The Balaban J connectivity index is 2.09. The molecule has 6 heteroatoms. The van der Waals surface area contributed by atoms with Gasteiger partial charge < -0.3 is 4.90 Å². The number of hydrogen-bond donors (Lipinski definition) is 1. The van der Waals surface area contributed by atoms with Crippen molar-refractivity contribution in [3.63, 3.8) is 0 Å². The highest BCUT2D eigenvalue weighted by Crippen LogP contribution is 2.11. The van der Waals surface area contributed by atoms with Crippen molar-refractivity contribution in [1.29, 1.82) is 0 Å². The third-order valence-electron chi connectivity index (χ3n) is 2.64. The summed E-state index contributed by atoms with van der Waals surface area (Å²) in [5.74, 6) is -0.146. The normalized spacial score (nSPS) is 10.4. The first-order chi connectivity index (χ1) is 8.58. The quantitative estimate of drug-likeness (QED) is 0.923. The van der Waals surface area contributed by atoms with Crippen molar-refractivity contribution in [3.8, 4) is 0 Å². The SMILES string of the molecule is Cc1[nH]ncc1CN(C)C(=O)c1ccc(Cl)cn1. The third-order valence-corrected chi connectivity index (χ3v) is 2.86. The van der Waals surface area contributed by atoms with E-state index in [-0.39, 0.29) is 5.91 Å². The predicted octanol–water partition coefficient (Wildman–Crippen LogP) is 2.04. The lowest BCUT2D eigenvalue weighted by molar-refractivity contribution is 0.0779. The monoisotopic (exact) mass is 264 g/mol. The van der Waals surface area contributed by atoms with E-state index < -0.39 is 0 Å². The van der Waals surface area contributed by atoms with Crippen molar-refractivity contribution in [2.24, 2.45) is 0 Å². The molecule has 5 nitrogen and oxygen atoms in total. The Labute approximate surface area is 110 Å². The number of carbonyl (C=O) groups excluding carboxylic acids is 1. The number of pyridine rings is 1. The van der Waals surface area contributed by atoms with E-state index in [2.05, 4.69) is 15.2 Å². The average molecular weight is 265 g/mol. The summed E-state index contributed by atoms with van der Waals surface area (Å²) in [7, 11) is 1.73. The van der Waals surface area contributed by atoms with E-state index >= 15 is 0 Å². The number of nitrogens with one attached hydrogen (secondary N) is 1. The molecule has 2 aromatic heterocycles. The predicted molar refractivity (Wildman–Crippen MR) is 68.4 cm³/mol. The fourth-order valence-electron chi connectivity index (χ4n) is 1.56. The van der Waals surface area contributed by atoms with Crippen molar-refractivity contribution in [2.75, 3.05) is 7.05 Å². The number of aromatic nitrogens is 3. The van der Waals surface area contributed by atoms with Crippen molar-refractivity contribution in [1.82, 2.24) is 20.1 Å². The zero-order valence-corrected chi connectivity index (χ0v) is 10.9. The fraction of sp³-hybridized carbons (Fsp3) is 0.250. The molecule has 2 rings (SSSR count). The van der Waals surface area contributed by atoms with Crippen molar-refractivity contribution in [2.45, 2.75) is 13.5 Å². The van der Waals surface area contributed by atoms with Crippen LogP contribution in [0.3, 0.4) is 0 Å². The number of H-pyrrole nitrogens is 1. The number of carbonyl (C=O) groups is 1. The molecule has 0 saturated heterocycles. The first-order valence-electron chi connectivity index (χ1n) is 5.44. The minimum absolute atomic E-state index is 0.146. The maximum atomic E-state index is 12.1. The molecule has 0 fully saturated rings. The van der Waals surface area contributed by atoms with E-state index in [0.717, 1.165) is 11.3 Å². The van der Waals surface area contributed by atoms with Crippen LogP contribution in [0, 0.1) is 6.92 Å². The number of aryl methyl sites for hydroxylation is 1. The maximum absolute atomic E-state index is 12.1. The van der Waals surface area contributed by atoms with Crippen molar-refractivity contribution < 1.29 is 4.79 Å². The van der Waals surface area contributed by atoms with E-state index in [1.165, 1.54) is 6.20 Å². The molecule has 2 heterocycles. The fourth-order valence-corrected chi connectivity index (χ4v) is 1.67. The second-order valence-corrected chi connectivity index (χ2v) is 4.48. The lowest BCUT2D eigenvalue weighted by Gasteiger charge is -2.16. The first kappa shape index (κ1) is 12.6. The van der Waals surface area contributed by atoms with Gasteiger partial charge in [-0.15, -0.1) is 0 Å². The van der Waals surface area contributed by atoms with Gasteiger partial charge >= 0.3 is 0 Å². The van der Waals surface area contributed by atoms with Gasteiger partial charge in [-0.2, -0.15) is 5.10 Å². The van der Waals surface area contributed by atoms with Gasteiger partial charge in [-0.1, -0.05) is 11.6 Å². The van der Waals surface area contributed by atoms with Crippen LogP contribution in [-0.4, -0.2) is 33.0 Å². The van der Waals surface area contributed by atoms with E-state index in [0.29, 0.717) is 17.3 Å². The van der Waals surface area contributed by atoms with Gasteiger partial charge in [0.2, 0.25) is 0 Å². The highest BCUT2D eigenvalue weighted by Gasteiger charge is 2.14. The summed E-state index contributed by atoms with van der Waals surface area (Å²) in [5.41, 5.74) is 2.32. The van der Waals surface area contributed by atoms with E-state index in [1.54, 1.807) is 30.3 Å². The van der Waals surface area contributed by atoms with E-state index in [1.807, 2.05) is 6.92 Å². The van der Waals surface area contributed by atoms with Gasteiger partial charge in [0.15, 0.2) is 0 Å². The number of nitrogens with zero attached hydrogens (tertiary/aromatic N) is 3. The van der Waals surface area contributed by atoms with Gasteiger partial charge in [-0.3, -0.25) is 9.89 Å². The molecule has 0 aliphatic heterocycles. The number of hydrogen-bond acceptors (Lipinski definition) is 3. The van der Waals surface area contributed by atoms with Crippen LogP contribution in [0.1, 0.15) is 21.7 Å². The molecule has 1 amide bonds. The first-order valence-corrected chi connectivity index (χ1v) is 5.81. The summed E-state index contributed by atoms with van der Waals surface area (Å²) < 4.78 is 0.